The molecule has 41 valence electrons. The quantitative estimate of drug-likeness (QED) is 0.482. The van der Waals surface area contributed by atoms with Crippen LogP contribution in [0.1, 0.15) is 0 Å². The summed E-state index contributed by atoms with van der Waals surface area (Å²) in [5, 5.41) is 0. The molecule has 0 saturated heterocycles. The van der Waals surface area contributed by atoms with Gasteiger partial charge in [-0.25, -0.2) is 0 Å². The molecule has 0 heterocycles. The van der Waals surface area contributed by atoms with Gasteiger partial charge in [-0.1, -0.05) is 6.08 Å². The standard InChI is InChI=1S/C4H4F3/c1-2-3-4(5,6)7/h2-3H,1H2. The first-order valence-electron chi connectivity index (χ1n) is 1.60. The van der Waals surface area contributed by atoms with Gasteiger partial charge in [0, 0.05) is 0 Å². The first-order valence-corrected chi connectivity index (χ1v) is 1.60. The van der Waals surface area contributed by atoms with Gasteiger partial charge in [-0.2, -0.15) is 13.2 Å². The van der Waals surface area contributed by atoms with Crippen molar-refractivity contribution in [2.45, 2.75) is 6.18 Å². The molecule has 0 aromatic rings. The molecule has 0 nitrogen and oxygen atoms in total. The van der Waals surface area contributed by atoms with Crippen molar-refractivity contribution in [1.29, 1.82) is 0 Å². The van der Waals surface area contributed by atoms with Crippen molar-refractivity contribution < 1.29 is 13.2 Å². The zero-order valence-corrected chi connectivity index (χ0v) is 3.50. The second-order valence-electron chi connectivity index (χ2n) is 0.944. The number of rotatable bonds is 1. The van der Waals surface area contributed by atoms with Crippen molar-refractivity contribution in [2.24, 2.45) is 0 Å². The summed E-state index contributed by atoms with van der Waals surface area (Å²) in [5.74, 6) is 0. The maximum Gasteiger partial charge on any atom is 0.396 e. The van der Waals surface area contributed by atoms with Gasteiger partial charge in [0.15, 0.2) is 0 Å². The molecule has 0 aliphatic heterocycles. The van der Waals surface area contributed by atoms with E-state index in [2.05, 4.69) is 6.58 Å². The lowest BCUT2D eigenvalue weighted by molar-refractivity contribution is -0.0919. The van der Waals surface area contributed by atoms with Crippen LogP contribution >= 0.6 is 0 Å². The first kappa shape index (κ1) is 6.53. The molecule has 3 heteroatoms. The van der Waals surface area contributed by atoms with E-state index >= 15 is 0 Å². The molecule has 1 radical (unpaired) electrons. The zero-order valence-electron chi connectivity index (χ0n) is 3.50. The average Bonchev–Trinajstić information content (AvgIpc) is 1.30. The molecular weight excluding hydrogens is 105 g/mol. The van der Waals surface area contributed by atoms with E-state index in [0.29, 0.717) is 6.08 Å². The molecule has 0 N–H and O–H groups in total. The summed E-state index contributed by atoms with van der Waals surface area (Å²) in [6.07, 6.45) is -3.41. The minimum absolute atomic E-state index is 0.0764. The van der Waals surface area contributed by atoms with E-state index in [-0.39, 0.29) is 6.42 Å². The second-order valence-corrected chi connectivity index (χ2v) is 0.944. The Balaban J connectivity index is 3.34. The van der Waals surface area contributed by atoms with Gasteiger partial charge in [0.1, 0.15) is 0 Å². The molecule has 0 amide bonds. The molecule has 0 spiro atoms. The maximum atomic E-state index is 10.9. The molecule has 0 aromatic carbocycles. The fourth-order valence-corrected chi connectivity index (χ4v) is 0.134. The zero-order chi connectivity index (χ0) is 5.91. The van der Waals surface area contributed by atoms with Crippen LogP contribution in [-0.4, -0.2) is 6.18 Å². The van der Waals surface area contributed by atoms with Crippen LogP contribution in [0.15, 0.2) is 12.7 Å². The van der Waals surface area contributed by atoms with E-state index in [1.807, 2.05) is 0 Å². The first-order chi connectivity index (χ1) is 3.06. The summed E-state index contributed by atoms with van der Waals surface area (Å²) >= 11 is 0. The van der Waals surface area contributed by atoms with Crippen molar-refractivity contribution in [2.75, 3.05) is 0 Å². The monoisotopic (exact) mass is 109 g/mol. The number of hydrogen-bond donors (Lipinski definition) is 0. The van der Waals surface area contributed by atoms with E-state index in [1.165, 1.54) is 0 Å². The molecule has 0 aromatic heterocycles. The van der Waals surface area contributed by atoms with Crippen molar-refractivity contribution in [3.63, 3.8) is 0 Å². The van der Waals surface area contributed by atoms with E-state index in [9.17, 15) is 13.2 Å². The number of alkyl halides is 3. The largest absolute Gasteiger partial charge is 0.396 e. The third-order valence-corrected chi connectivity index (χ3v) is 0.307. The molecule has 0 rings (SSSR count). The van der Waals surface area contributed by atoms with Crippen LogP contribution in [-0.2, 0) is 0 Å². The van der Waals surface area contributed by atoms with Crippen LogP contribution < -0.4 is 0 Å². The van der Waals surface area contributed by atoms with Gasteiger partial charge >= 0.3 is 6.18 Å². The Morgan fingerprint density at radius 1 is 1.29 bits per heavy atom. The number of allylic oxidation sites excluding steroid dienone is 1. The lowest BCUT2D eigenvalue weighted by atomic mass is 10.4. The smallest absolute Gasteiger partial charge is 0.170 e. The van der Waals surface area contributed by atoms with Crippen molar-refractivity contribution >= 4 is 0 Å². The highest BCUT2D eigenvalue weighted by atomic mass is 19.4. The van der Waals surface area contributed by atoms with Crippen LogP contribution in [0.5, 0.6) is 0 Å². The highest BCUT2D eigenvalue weighted by molar-refractivity contribution is 4.92. The Hall–Kier alpha value is -0.470. The van der Waals surface area contributed by atoms with Crippen LogP contribution in [0.2, 0.25) is 0 Å². The lowest BCUT2D eigenvalue weighted by Gasteiger charge is -1.97. The van der Waals surface area contributed by atoms with Gasteiger partial charge in [0.25, 0.3) is 0 Å². The summed E-state index contributed by atoms with van der Waals surface area (Å²) in [5.41, 5.74) is 0. The van der Waals surface area contributed by atoms with Gasteiger partial charge < -0.3 is 0 Å². The fraction of sp³-hybridized carbons (Fsp3) is 0.250. The van der Waals surface area contributed by atoms with Crippen LogP contribution in [0.25, 0.3) is 0 Å². The van der Waals surface area contributed by atoms with Gasteiger partial charge in [-0.15, -0.1) is 6.58 Å². The Labute approximate surface area is 39.6 Å². The molecule has 0 unspecified atom stereocenters. The van der Waals surface area contributed by atoms with Crippen molar-refractivity contribution in [3.05, 3.63) is 19.1 Å². The number of halogens is 3. The molecule has 0 aliphatic carbocycles. The lowest BCUT2D eigenvalue weighted by Crippen LogP contribution is -2.04. The molecule has 0 aliphatic rings. The minimum Gasteiger partial charge on any atom is -0.170 e. The fourth-order valence-electron chi connectivity index (χ4n) is 0.134. The predicted octanol–water partition coefficient (Wildman–Crippen LogP) is 1.94. The average molecular weight is 109 g/mol. The van der Waals surface area contributed by atoms with E-state index in [0.717, 1.165) is 0 Å². The molecular formula is C4H4F3. The van der Waals surface area contributed by atoms with Gasteiger partial charge in [0.2, 0.25) is 0 Å². The van der Waals surface area contributed by atoms with Crippen LogP contribution in [0, 0.1) is 6.42 Å². The van der Waals surface area contributed by atoms with E-state index in [1.54, 1.807) is 0 Å². The van der Waals surface area contributed by atoms with Crippen LogP contribution in [0.4, 0.5) is 13.2 Å². The molecule has 0 saturated carbocycles. The molecule has 0 fully saturated rings. The Bertz CT molecular complexity index is 61.8. The van der Waals surface area contributed by atoms with E-state index in [4.69, 9.17) is 0 Å². The highest BCUT2D eigenvalue weighted by Crippen LogP contribution is 2.17. The normalized spacial score (nSPS) is 11.3. The summed E-state index contributed by atoms with van der Waals surface area (Å²) in [4.78, 5) is 0. The van der Waals surface area contributed by atoms with Crippen LogP contribution in [0.3, 0.4) is 0 Å². The third kappa shape index (κ3) is 5.53. The summed E-state index contributed by atoms with van der Waals surface area (Å²) in [6, 6.07) is 0. The summed E-state index contributed by atoms with van der Waals surface area (Å²) < 4.78 is 32.8. The molecule has 0 atom stereocenters. The third-order valence-electron chi connectivity index (χ3n) is 0.307. The minimum atomic E-state index is -4.19. The maximum absolute atomic E-state index is 10.9. The Morgan fingerprint density at radius 2 is 1.71 bits per heavy atom. The van der Waals surface area contributed by atoms with E-state index < -0.39 is 6.18 Å². The molecule has 7 heavy (non-hydrogen) atoms. The highest BCUT2D eigenvalue weighted by Gasteiger charge is 2.24. The molecule has 0 bridgehead atoms. The Morgan fingerprint density at radius 3 is 1.71 bits per heavy atom. The number of hydrogen-bond acceptors (Lipinski definition) is 0. The van der Waals surface area contributed by atoms with Gasteiger partial charge in [0.05, 0.1) is 6.42 Å². The Kier molecular flexibility index (Phi) is 1.87. The van der Waals surface area contributed by atoms with Gasteiger partial charge in [-0.3, -0.25) is 0 Å². The predicted molar refractivity (Wildman–Crippen MR) is 20.6 cm³/mol. The second kappa shape index (κ2) is 2.00. The van der Waals surface area contributed by atoms with Gasteiger partial charge in [-0.05, 0) is 0 Å². The van der Waals surface area contributed by atoms with Crippen molar-refractivity contribution in [3.8, 4) is 0 Å². The SMILES string of the molecule is C=C[CH]C(F)(F)F. The summed E-state index contributed by atoms with van der Waals surface area (Å²) in [7, 11) is 0. The topological polar surface area (TPSA) is 0 Å². The van der Waals surface area contributed by atoms with Crippen molar-refractivity contribution in [1.82, 2.24) is 0 Å². The summed E-state index contributed by atoms with van der Waals surface area (Å²) in [6.45, 7) is 2.87.